The lowest BCUT2D eigenvalue weighted by Gasteiger charge is -2.46. The quantitative estimate of drug-likeness (QED) is 0.601. The molecule has 0 bridgehead atoms. The van der Waals surface area contributed by atoms with E-state index in [1.165, 1.54) is 17.0 Å². The average molecular weight is 474 g/mol. The van der Waals surface area contributed by atoms with Gasteiger partial charge in [0.1, 0.15) is 0 Å². The second-order valence-electron chi connectivity index (χ2n) is 8.32. The Morgan fingerprint density at radius 1 is 1.34 bits per heavy atom. The fourth-order valence-electron chi connectivity index (χ4n) is 3.55. The Balaban J connectivity index is 1.91. The van der Waals surface area contributed by atoms with Crippen molar-refractivity contribution in [2.45, 2.75) is 33.4 Å². The first kappa shape index (κ1) is 23.7. The second kappa shape index (κ2) is 9.27. The molecular weight excluding hydrogens is 451 g/mol. The van der Waals surface area contributed by atoms with Gasteiger partial charge < -0.3 is 25.0 Å². The molecule has 1 aromatic carbocycles. The molecule has 32 heavy (non-hydrogen) atoms. The van der Waals surface area contributed by atoms with Crippen LogP contribution in [0.5, 0.6) is 5.75 Å². The molecular formula is C20H23ClF3N5O3. The van der Waals surface area contributed by atoms with Crippen LogP contribution >= 0.6 is 11.6 Å². The molecule has 2 heterocycles. The largest absolute Gasteiger partial charge is 0.465 e. The minimum Gasteiger partial charge on any atom is -0.465 e. The van der Waals surface area contributed by atoms with E-state index in [0.29, 0.717) is 18.8 Å². The van der Waals surface area contributed by atoms with E-state index in [1.807, 2.05) is 25.7 Å². The average Bonchev–Trinajstić information content (AvgIpc) is 2.70. The maximum absolute atomic E-state index is 14.0. The first-order valence-corrected chi connectivity index (χ1v) is 10.1. The maximum atomic E-state index is 14.0. The number of benzene rings is 1. The van der Waals surface area contributed by atoms with E-state index in [9.17, 15) is 23.1 Å². The third-order valence-corrected chi connectivity index (χ3v) is 5.32. The number of carbonyl (C=O) groups is 1. The van der Waals surface area contributed by atoms with Crippen LogP contribution in [-0.2, 0) is 0 Å². The molecule has 1 saturated heterocycles. The van der Waals surface area contributed by atoms with Gasteiger partial charge in [0.25, 0.3) is 0 Å². The number of rotatable bonds is 5. The highest BCUT2D eigenvalue weighted by Crippen LogP contribution is 2.36. The number of alkyl halides is 2. The summed E-state index contributed by atoms with van der Waals surface area (Å²) >= 11 is 5.69. The molecule has 0 aliphatic carbocycles. The van der Waals surface area contributed by atoms with Gasteiger partial charge in [0, 0.05) is 31.4 Å². The summed E-state index contributed by atoms with van der Waals surface area (Å²) in [5, 5.41) is 11.9. The molecule has 1 amide bonds. The van der Waals surface area contributed by atoms with Crippen LogP contribution in [0.4, 0.5) is 35.2 Å². The molecule has 1 atom stereocenters. The van der Waals surface area contributed by atoms with E-state index in [0.717, 1.165) is 6.20 Å². The van der Waals surface area contributed by atoms with Crippen LogP contribution in [0.15, 0.2) is 24.4 Å². The highest BCUT2D eigenvalue weighted by molar-refractivity contribution is 6.28. The number of piperazine rings is 1. The Morgan fingerprint density at radius 2 is 2.06 bits per heavy atom. The molecule has 1 aromatic heterocycles. The number of hydrogen-bond acceptors (Lipinski definition) is 6. The van der Waals surface area contributed by atoms with E-state index in [2.05, 4.69) is 20.0 Å². The fraction of sp³-hybridized carbons (Fsp3) is 0.450. The van der Waals surface area contributed by atoms with Gasteiger partial charge in [-0.15, -0.1) is 0 Å². The predicted octanol–water partition coefficient (Wildman–Crippen LogP) is 4.83. The molecule has 2 N–H and O–H groups in total. The van der Waals surface area contributed by atoms with Crippen LogP contribution in [0.3, 0.4) is 0 Å². The van der Waals surface area contributed by atoms with E-state index < -0.39 is 18.5 Å². The van der Waals surface area contributed by atoms with Crippen molar-refractivity contribution < 1.29 is 27.8 Å². The summed E-state index contributed by atoms with van der Waals surface area (Å²) < 4.78 is 44.7. The molecule has 0 spiro atoms. The molecule has 1 aliphatic heterocycles. The predicted molar refractivity (Wildman–Crippen MR) is 114 cm³/mol. The molecule has 12 heteroatoms. The lowest BCUT2D eigenvalue weighted by Crippen LogP contribution is -2.59. The minimum absolute atomic E-state index is 0.0549. The summed E-state index contributed by atoms with van der Waals surface area (Å²) in [6.07, 6.45) is -0.148. The summed E-state index contributed by atoms with van der Waals surface area (Å²) in [4.78, 5) is 22.2. The first-order valence-electron chi connectivity index (χ1n) is 9.74. The van der Waals surface area contributed by atoms with Crippen LogP contribution in [0.1, 0.15) is 20.8 Å². The van der Waals surface area contributed by atoms with Crippen molar-refractivity contribution in [3.05, 3.63) is 35.5 Å². The van der Waals surface area contributed by atoms with E-state index in [4.69, 9.17) is 11.6 Å². The maximum Gasteiger partial charge on any atom is 0.407 e. The summed E-state index contributed by atoms with van der Waals surface area (Å²) in [5.74, 6) is -1.33. The van der Waals surface area contributed by atoms with Crippen LogP contribution in [0.25, 0.3) is 0 Å². The highest BCUT2D eigenvalue weighted by atomic mass is 35.5. The summed E-state index contributed by atoms with van der Waals surface area (Å²) in [5.41, 5.74) is 0.274. The Morgan fingerprint density at radius 3 is 2.69 bits per heavy atom. The number of nitrogens with one attached hydrogen (secondary N) is 1. The van der Waals surface area contributed by atoms with E-state index >= 15 is 0 Å². The monoisotopic (exact) mass is 473 g/mol. The van der Waals surface area contributed by atoms with Crippen LogP contribution in [0, 0.1) is 11.2 Å². The molecule has 0 saturated carbocycles. The zero-order valence-corrected chi connectivity index (χ0v) is 18.4. The van der Waals surface area contributed by atoms with Gasteiger partial charge in [-0.25, -0.2) is 14.2 Å². The number of halogens is 4. The highest BCUT2D eigenvalue weighted by Gasteiger charge is 2.38. The van der Waals surface area contributed by atoms with E-state index in [-0.39, 0.29) is 40.5 Å². The van der Waals surface area contributed by atoms with Gasteiger partial charge in [-0.2, -0.15) is 13.8 Å². The summed E-state index contributed by atoms with van der Waals surface area (Å²) in [6.45, 7) is 3.70. The molecule has 174 valence electrons. The Kier molecular flexibility index (Phi) is 6.87. The topological polar surface area (TPSA) is 90.8 Å². The lowest BCUT2D eigenvalue weighted by atomic mass is 9.84. The van der Waals surface area contributed by atoms with Gasteiger partial charge in [0.2, 0.25) is 5.28 Å². The third-order valence-electron chi connectivity index (χ3n) is 5.14. The molecule has 3 rings (SSSR count). The lowest BCUT2D eigenvalue weighted by molar-refractivity contribution is -0.0493. The second-order valence-corrected chi connectivity index (χ2v) is 8.66. The van der Waals surface area contributed by atoms with Gasteiger partial charge in [-0.1, -0.05) is 20.8 Å². The number of anilines is 3. The van der Waals surface area contributed by atoms with Crippen molar-refractivity contribution >= 4 is 34.9 Å². The van der Waals surface area contributed by atoms with Crippen molar-refractivity contribution in [1.29, 1.82) is 0 Å². The molecule has 1 unspecified atom stereocenters. The van der Waals surface area contributed by atoms with Crippen molar-refractivity contribution in [3.8, 4) is 5.75 Å². The van der Waals surface area contributed by atoms with Gasteiger partial charge in [-0.3, -0.25) is 0 Å². The van der Waals surface area contributed by atoms with Crippen LogP contribution < -0.4 is 15.0 Å². The molecule has 2 aromatic rings. The number of ether oxygens (including phenoxy) is 1. The Bertz CT molecular complexity index is 989. The van der Waals surface area contributed by atoms with Gasteiger partial charge in [0.05, 0.1) is 17.9 Å². The zero-order valence-electron chi connectivity index (χ0n) is 17.6. The van der Waals surface area contributed by atoms with Gasteiger partial charge in [0.15, 0.2) is 17.4 Å². The van der Waals surface area contributed by atoms with Crippen molar-refractivity contribution in [1.82, 2.24) is 14.9 Å². The molecule has 8 nitrogen and oxygen atoms in total. The molecule has 1 fully saturated rings. The van der Waals surface area contributed by atoms with Crippen molar-refractivity contribution in [3.63, 3.8) is 0 Å². The zero-order chi connectivity index (χ0) is 23.6. The molecule has 0 radical (unpaired) electrons. The number of hydrogen-bond donors (Lipinski definition) is 2. The van der Waals surface area contributed by atoms with Gasteiger partial charge >= 0.3 is 12.7 Å². The fourth-order valence-corrected chi connectivity index (χ4v) is 3.69. The SMILES string of the molecule is CC(C)(C)C1CN(c2ccc(Nc3nc(Cl)ncc3F)c(OC(F)F)c2)CCN1C(=O)O. The van der Waals surface area contributed by atoms with Gasteiger partial charge in [-0.05, 0) is 29.1 Å². The minimum atomic E-state index is -3.11. The summed E-state index contributed by atoms with van der Waals surface area (Å²) in [6, 6.07) is 4.18. The smallest absolute Gasteiger partial charge is 0.407 e. The molecule has 1 aliphatic rings. The number of aromatic nitrogens is 2. The summed E-state index contributed by atoms with van der Waals surface area (Å²) in [7, 11) is 0. The Hall–Kier alpha value is -2.95. The first-order chi connectivity index (χ1) is 15.0. The third kappa shape index (κ3) is 5.45. The number of amides is 1. The van der Waals surface area contributed by atoms with Crippen molar-refractivity contribution in [2.24, 2.45) is 5.41 Å². The number of nitrogens with zero attached hydrogens (tertiary/aromatic N) is 4. The normalized spacial score (nSPS) is 16.9. The van der Waals surface area contributed by atoms with Crippen LogP contribution in [0.2, 0.25) is 5.28 Å². The van der Waals surface area contributed by atoms with Crippen molar-refractivity contribution in [2.75, 3.05) is 29.9 Å². The Labute approximate surface area is 188 Å². The number of carboxylic acid groups (broad SMARTS) is 1. The standard InChI is InChI=1S/C20H23ClF3N5O3/c1-20(2,3)15-10-28(6-7-29(15)19(30)31)11-4-5-13(14(8-11)32-18(23)24)26-16-12(22)9-25-17(21)27-16/h4-5,8-9,15,18H,6-7,10H2,1-3H3,(H,30,31)(H,25,26,27). The van der Waals surface area contributed by atoms with Crippen LogP contribution in [-0.4, -0.2) is 58.4 Å². The van der Waals surface area contributed by atoms with E-state index in [1.54, 1.807) is 6.07 Å².